The van der Waals surface area contributed by atoms with E-state index in [1.54, 1.807) is 12.4 Å². The van der Waals surface area contributed by atoms with Crippen LogP contribution >= 0.6 is 0 Å². The van der Waals surface area contributed by atoms with Gasteiger partial charge < -0.3 is 15.5 Å². The topological polar surface area (TPSA) is 57.3 Å². The van der Waals surface area contributed by atoms with Gasteiger partial charge in [0.25, 0.3) is 0 Å². The largest absolute Gasteiger partial charge is 0.384 e. The molecule has 0 spiro atoms. The molecule has 104 valence electrons. The summed E-state index contributed by atoms with van der Waals surface area (Å²) < 4.78 is 0. The van der Waals surface area contributed by atoms with E-state index in [0.29, 0.717) is 0 Å². The molecule has 1 aliphatic rings. The van der Waals surface area contributed by atoms with Crippen molar-refractivity contribution in [2.75, 3.05) is 30.3 Å². The van der Waals surface area contributed by atoms with Gasteiger partial charge in [0, 0.05) is 19.6 Å². The lowest BCUT2D eigenvalue weighted by Gasteiger charge is -2.22. The number of carbonyl (C=O) groups excluding carboxylic acids is 1. The van der Waals surface area contributed by atoms with Gasteiger partial charge in [0.05, 0.1) is 23.8 Å². The summed E-state index contributed by atoms with van der Waals surface area (Å²) in [5.41, 5.74) is 1.84. The second-order valence-corrected chi connectivity index (χ2v) is 4.89. The summed E-state index contributed by atoms with van der Waals surface area (Å²) in [5, 5.41) is 6.43. The molecule has 1 amide bonds. The third kappa shape index (κ3) is 3.59. The van der Waals surface area contributed by atoms with Crippen molar-refractivity contribution in [1.29, 1.82) is 0 Å². The number of pyridine rings is 1. The van der Waals surface area contributed by atoms with Crippen molar-refractivity contribution in [2.24, 2.45) is 0 Å². The van der Waals surface area contributed by atoms with Crippen LogP contribution in [0.25, 0.3) is 0 Å². The molecular weight excluding hydrogens is 240 g/mol. The maximum atomic E-state index is 12.2. The van der Waals surface area contributed by atoms with Gasteiger partial charge in [0.2, 0.25) is 5.91 Å². The van der Waals surface area contributed by atoms with Crippen LogP contribution in [-0.4, -0.2) is 41.5 Å². The van der Waals surface area contributed by atoms with Crippen molar-refractivity contribution in [3.05, 3.63) is 18.5 Å². The van der Waals surface area contributed by atoms with Gasteiger partial charge in [-0.2, -0.15) is 0 Å². The summed E-state index contributed by atoms with van der Waals surface area (Å²) in [4.78, 5) is 18.3. The van der Waals surface area contributed by atoms with Crippen LogP contribution in [0.4, 0.5) is 11.4 Å². The van der Waals surface area contributed by atoms with E-state index in [-0.39, 0.29) is 11.9 Å². The van der Waals surface area contributed by atoms with Crippen molar-refractivity contribution >= 4 is 17.3 Å². The molecule has 0 radical (unpaired) electrons. The third-order valence-corrected chi connectivity index (χ3v) is 3.29. The number of hydrogen-bond donors (Lipinski definition) is 2. The zero-order valence-corrected chi connectivity index (χ0v) is 11.6. The summed E-state index contributed by atoms with van der Waals surface area (Å²) in [6.07, 6.45) is 5.77. The van der Waals surface area contributed by atoms with E-state index in [2.05, 4.69) is 15.6 Å². The van der Waals surface area contributed by atoms with E-state index in [1.807, 2.05) is 24.8 Å². The highest BCUT2D eigenvalue weighted by molar-refractivity contribution is 5.84. The van der Waals surface area contributed by atoms with Crippen molar-refractivity contribution in [3.63, 3.8) is 0 Å². The van der Waals surface area contributed by atoms with E-state index in [0.717, 1.165) is 43.9 Å². The van der Waals surface area contributed by atoms with Gasteiger partial charge in [0.1, 0.15) is 6.04 Å². The van der Waals surface area contributed by atoms with E-state index >= 15 is 0 Å². The third-order valence-electron chi connectivity index (χ3n) is 3.29. The Bertz CT molecular complexity index is 429. The van der Waals surface area contributed by atoms with Crippen LogP contribution in [0.15, 0.2) is 18.5 Å². The van der Waals surface area contributed by atoms with Crippen LogP contribution in [0, 0.1) is 0 Å². The molecule has 5 heteroatoms. The Morgan fingerprint density at radius 3 is 2.74 bits per heavy atom. The molecule has 1 saturated heterocycles. The molecule has 0 aromatic carbocycles. The van der Waals surface area contributed by atoms with Crippen molar-refractivity contribution < 1.29 is 4.79 Å². The zero-order chi connectivity index (χ0) is 13.7. The average molecular weight is 262 g/mol. The number of hydrogen-bond acceptors (Lipinski definition) is 4. The molecule has 1 fully saturated rings. The second kappa shape index (κ2) is 6.41. The number of nitrogens with one attached hydrogen (secondary N) is 2. The summed E-state index contributed by atoms with van der Waals surface area (Å²) >= 11 is 0. The Hall–Kier alpha value is -1.78. The van der Waals surface area contributed by atoms with Crippen LogP contribution in [0.3, 0.4) is 0 Å². The van der Waals surface area contributed by atoms with Gasteiger partial charge in [-0.15, -0.1) is 0 Å². The Morgan fingerprint density at radius 1 is 1.37 bits per heavy atom. The molecule has 19 heavy (non-hydrogen) atoms. The molecule has 5 nitrogen and oxygen atoms in total. The summed E-state index contributed by atoms with van der Waals surface area (Å²) in [5.74, 6) is 0.173. The lowest BCUT2D eigenvalue weighted by molar-refractivity contribution is -0.130. The molecular formula is C14H22N4O. The van der Waals surface area contributed by atoms with Crippen LogP contribution in [-0.2, 0) is 4.79 Å². The first-order chi connectivity index (χ1) is 9.20. The van der Waals surface area contributed by atoms with Gasteiger partial charge in [-0.1, -0.05) is 0 Å². The number of anilines is 2. The molecule has 0 bridgehead atoms. The van der Waals surface area contributed by atoms with E-state index in [9.17, 15) is 4.79 Å². The van der Waals surface area contributed by atoms with Gasteiger partial charge in [-0.3, -0.25) is 9.78 Å². The first kappa shape index (κ1) is 13.6. The molecule has 0 saturated carbocycles. The lowest BCUT2D eigenvalue weighted by Crippen LogP contribution is -2.39. The summed E-state index contributed by atoms with van der Waals surface area (Å²) in [6, 6.07) is 1.77. The van der Waals surface area contributed by atoms with Crippen LogP contribution in [0.2, 0.25) is 0 Å². The molecule has 1 unspecified atom stereocenters. The number of likely N-dealkylation sites (tertiary alicyclic amines) is 1. The molecule has 1 aliphatic heterocycles. The lowest BCUT2D eigenvalue weighted by atomic mass is 10.2. The number of rotatable bonds is 5. The minimum atomic E-state index is -0.211. The van der Waals surface area contributed by atoms with Gasteiger partial charge in [-0.05, 0) is 32.8 Å². The fourth-order valence-electron chi connectivity index (χ4n) is 2.34. The number of aromatic nitrogens is 1. The molecule has 2 N–H and O–H groups in total. The SMILES string of the molecule is CCNc1cncc(NC(C)C(=O)N2CCCC2)c1. The highest BCUT2D eigenvalue weighted by Gasteiger charge is 2.22. The van der Waals surface area contributed by atoms with Crippen molar-refractivity contribution in [2.45, 2.75) is 32.7 Å². The summed E-state index contributed by atoms with van der Waals surface area (Å²) in [7, 11) is 0. The van der Waals surface area contributed by atoms with Crippen molar-refractivity contribution in [3.8, 4) is 0 Å². The number of carbonyl (C=O) groups is 1. The van der Waals surface area contributed by atoms with Crippen molar-refractivity contribution in [1.82, 2.24) is 9.88 Å². The van der Waals surface area contributed by atoms with Gasteiger partial charge in [-0.25, -0.2) is 0 Å². The average Bonchev–Trinajstić information content (AvgIpc) is 2.92. The smallest absolute Gasteiger partial charge is 0.244 e. The first-order valence-electron chi connectivity index (χ1n) is 6.95. The van der Waals surface area contributed by atoms with E-state index < -0.39 is 0 Å². The Morgan fingerprint density at radius 2 is 2.05 bits per heavy atom. The fourth-order valence-corrected chi connectivity index (χ4v) is 2.34. The Balaban J connectivity index is 1.95. The quantitative estimate of drug-likeness (QED) is 0.851. The van der Waals surface area contributed by atoms with Crippen LogP contribution < -0.4 is 10.6 Å². The van der Waals surface area contributed by atoms with Gasteiger partial charge >= 0.3 is 0 Å². The molecule has 2 heterocycles. The molecule has 1 aromatic rings. The normalized spacial score (nSPS) is 16.2. The Labute approximate surface area is 114 Å². The molecule has 0 aliphatic carbocycles. The molecule has 2 rings (SSSR count). The Kier molecular flexibility index (Phi) is 4.60. The number of amides is 1. The van der Waals surface area contributed by atoms with E-state index in [4.69, 9.17) is 0 Å². The first-order valence-corrected chi connectivity index (χ1v) is 6.95. The zero-order valence-electron chi connectivity index (χ0n) is 11.6. The highest BCUT2D eigenvalue weighted by Crippen LogP contribution is 2.15. The maximum absolute atomic E-state index is 12.2. The van der Waals surface area contributed by atoms with Crippen LogP contribution in [0.1, 0.15) is 26.7 Å². The highest BCUT2D eigenvalue weighted by atomic mass is 16.2. The molecule has 1 aromatic heterocycles. The maximum Gasteiger partial charge on any atom is 0.244 e. The predicted octanol–water partition coefficient (Wildman–Crippen LogP) is 1.94. The fraction of sp³-hybridized carbons (Fsp3) is 0.571. The minimum absolute atomic E-state index is 0.173. The standard InChI is InChI=1S/C14H22N4O/c1-3-16-12-8-13(10-15-9-12)17-11(2)14(19)18-6-4-5-7-18/h8-11,16-17H,3-7H2,1-2H3. The molecule has 1 atom stereocenters. The minimum Gasteiger partial charge on any atom is -0.384 e. The van der Waals surface area contributed by atoms with E-state index in [1.165, 1.54) is 0 Å². The van der Waals surface area contributed by atoms with Gasteiger partial charge in [0.15, 0.2) is 0 Å². The number of nitrogens with zero attached hydrogens (tertiary/aromatic N) is 2. The second-order valence-electron chi connectivity index (χ2n) is 4.89. The van der Waals surface area contributed by atoms with Crippen LogP contribution in [0.5, 0.6) is 0 Å². The monoisotopic (exact) mass is 262 g/mol. The predicted molar refractivity (Wildman–Crippen MR) is 77.3 cm³/mol. The summed E-state index contributed by atoms with van der Waals surface area (Å²) in [6.45, 7) is 6.58.